The Morgan fingerprint density at radius 2 is 1.82 bits per heavy atom. The van der Waals surface area contributed by atoms with Gasteiger partial charge < -0.3 is 9.64 Å². The highest BCUT2D eigenvalue weighted by Crippen LogP contribution is 2.52. The van der Waals surface area contributed by atoms with Crippen LogP contribution in [0.4, 0.5) is 0 Å². The van der Waals surface area contributed by atoms with Gasteiger partial charge in [-0.25, -0.2) is 13.2 Å². The second-order valence-corrected chi connectivity index (χ2v) is 13.2. The number of rotatable bonds is 5. The predicted octanol–water partition coefficient (Wildman–Crippen LogP) is 4.10. The van der Waals surface area contributed by atoms with Crippen molar-refractivity contribution in [1.29, 1.82) is 0 Å². The maximum atomic E-state index is 13.0. The standard InChI is InChI=1S/C24H33ClN2O5S/c1-23(2)12-18-13-24(3,15-23)16-27(18)21(28)14-32-22(29)17-7-8-19(25)20(11-17)33(30,31)26-9-5-4-6-10-26/h7-8,11,18H,4-6,9-10,12-16H2,1-3H3/t18-,24-/m1/s1. The molecule has 0 unspecified atom stereocenters. The van der Waals surface area contributed by atoms with Gasteiger partial charge in [0.2, 0.25) is 10.0 Å². The molecule has 2 atom stereocenters. The summed E-state index contributed by atoms with van der Waals surface area (Å²) in [6.45, 7) is 7.89. The molecule has 2 bridgehead atoms. The van der Waals surface area contributed by atoms with Crippen molar-refractivity contribution in [2.45, 2.75) is 70.2 Å². The first kappa shape index (κ1) is 24.5. The molecule has 3 fully saturated rings. The molecule has 0 N–H and O–H groups in total. The molecule has 182 valence electrons. The van der Waals surface area contributed by atoms with E-state index in [1.165, 1.54) is 22.5 Å². The summed E-state index contributed by atoms with van der Waals surface area (Å²) in [5, 5.41) is 0.0633. The molecule has 2 saturated heterocycles. The molecule has 1 aromatic rings. The van der Waals surface area contributed by atoms with E-state index in [1.54, 1.807) is 0 Å². The fourth-order valence-corrected chi connectivity index (χ4v) is 8.13. The highest BCUT2D eigenvalue weighted by atomic mass is 35.5. The molecule has 0 radical (unpaired) electrons. The zero-order valence-electron chi connectivity index (χ0n) is 19.6. The van der Waals surface area contributed by atoms with Crippen LogP contribution in [0.5, 0.6) is 0 Å². The average Bonchev–Trinajstić information content (AvgIpc) is 3.01. The number of sulfonamides is 1. The van der Waals surface area contributed by atoms with Gasteiger partial charge in [0, 0.05) is 25.7 Å². The summed E-state index contributed by atoms with van der Waals surface area (Å²) in [6.07, 6.45) is 5.58. The summed E-state index contributed by atoms with van der Waals surface area (Å²) < 4.78 is 32.8. The van der Waals surface area contributed by atoms with Crippen molar-refractivity contribution in [3.63, 3.8) is 0 Å². The Balaban J connectivity index is 1.43. The lowest BCUT2D eigenvalue weighted by molar-refractivity contribution is -0.135. The molecule has 1 aliphatic carbocycles. The zero-order valence-corrected chi connectivity index (χ0v) is 21.2. The Morgan fingerprint density at radius 3 is 2.52 bits per heavy atom. The summed E-state index contributed by atoms with van der Waals surface area (Å²) in [7, 11) is -3.80. The van der Waals surface area contributed by atoms with E-state index in [2.05, 4.69) is 20.8 Å². The number of nitrogens with zero attached hydrogens (tertiary/aromatic N) is 2. The highest BCUT2D eigenvalue weighted by Gasteiger charge is 2.51. The topological polar surface area (TPSA) is 84.0 Å². The number of fused-ring (bicyclic) bond motifs is 2. The van der Waals surface area contributed by atoms with Crippen LogP contribution in [-0.2, 0) is 19.6 Å². The molecule has 1 aromatic carbocycles. The second kappa shape index (κ2) is 8.86. The lowest BCUT2D eigenvalue weighted by atomic mass is 9.65. The van der Waals surface area contributed by atoms with Gasteiger partial charge in [0.15, 0.2) is 6.61 Å². The van der Waals surface area contributed by atoms with Crippen LogP contribution in [0.3, 0.4) is 0 Å². The molecular formula is C24H33ClN2O5S. The quantitative estimate of drug-likeness (QED) is 0.573. The van der Waals surface area contributed by atoms with Crippen molar-refractivity contribution < 1.29 is 22.7 Å². The normalized spacial score (nSPS) is 27.4. The maximum Gasteiger partial charge on any atom is 0.338 e. The van der Waals surface area contributed by atoms with E-state index in [0.29, 0.717) is 19.6 Å². The Bertz CT molecular complexity index is 1050. The first-order chi connectivity index (χ1) is 15.4. The van der Waals surface area contributed by atoms with E-state index in [0.717, 1.165) is 38.5 Å². The predicted molar refractivity (Wildman–Crippen MR) is 126 cm³/mol. The van der Waals surface area contributed by atoms with Gasteiger partial charge in [0.05, 0.1) is 10.6 Å². The van der Waals surface area contributed by atoms with Gasteiger partial charge in [-0.05, 0) is 61.1 Å². The number of likely N-dealkylation sites (tertiary alicyclic amines) is 1. The molecule has 0 aromatic heterocycles. The van der Waals surface area contributed by atoms with Crippen LogP contribution in [-0.4, -0.2) is 61.8 Å². The van der Waals surface area contributed by atoms with Gasteiger partial charge in [0.25, 0.3) is 5.91 Å². The van der Waals surface area contributed by atoms with Crippen LogP contribution >= 0.6 is 11.6 Å². The Hall–Kier alpha value is -1.64. The molecule has 2 aliphatic heterocycles. The molecule has 9 heteroatoms. The lowest BCUT2D eigenvalue weighted by Gasteiger charge is -2.39. The number of amides is 1. The van der Waals surface area contributed by atoms with Gasteiger partial charge in [0.1, 0.15) is 4.90 Å². The largest absolute Gasteiger partial charge is 0.452 e. The number of halogens is 1. The SMILES string of the molecule is CC1(C)C[C@@H]2C[C@@](C)(CN2C(=O)COC(=O)c2ccc(Cl)c(S(=O)(=O)N3CCCCC3)c2)C1. The minimum atomic E-state index is -3.80. The number of benzene rings is 1. The molecule has 0 spiro atoms. The van der Waals surface area contributed by atoms with Crippen molar-refractivity contribution in [3.8, 4) is 0 Å². The van der Waals surface area contributed by atoms with Crippen LogP contribution in [0.15, 0.2) is 23.1 Å². The number of carbonyl (C=O) groups excluding carboxylic acids is 2. The molecule has 1 saturated carbocycles. The van der Waals surface area contributed by atoms with Gasteiger partial charge in [-0.3, -0.25) is 4.79 Å². The van der Waals surface area contributed by atoms with Crippen LogP contribution in [0.2, 0.25) is 5.02 Å². The first-order valence-corrected chi connectivity index (χ1v) is 13.5. The van der Waals surface area contributed by atoms with Crippen molar-refractivity contribution >= 4 is 33.5 Å². The average molecular weight is 497 g/mol. The van der Waals surface area contributed by atoms with Crippen LogP contribution in [0, 0.1) is 10.8 Å². The molecule has 2 heterocycles. The molecule has 4 rings (SSSR count). The van der Waals surface area contributed by atoms with Gasteiger partial charge >= 0.3 is 5.97 Å². The van der Waals surface area contributed by atoms with E-state index in [4.69, 9.17) is 16.3 Å². The number of piperidine rings is 1. The third-order valence-corrected chi connectivity index (χ3v) is 9.54. The number of hydrogen-bond donors (Lipinski definition) is 0. The minimum absolute atomic E-state index is 0.0633. The van der Waals surface area contributed by atoms with Crippen LogP contribution in [0.1, 0.15) is 69.7 Å². The van der Waals surface area contributed by atoms with Crippen molar-refractivity contribution in [3.05, 3.63) is 28.8 Å². The van der Waals surface area contributed by atoms with E-state index < -0.39 is 16.0 Å². The number of ether oxygens (including phenoxy) is 1. The third-order valence-electron chi connectivity index (χ3n) is 7.16. The number of carbonyl (C=O) groups is 2. The summed E-state index contributed by atoms with van der Waals surface area (Å²) in [5.74, 6) is -0.936. The summed E-state index contributed by atoms with van der Waals surface area (Å²) in [4.78, 5) is 27.3. The molecule has 7 nitrogen and oxygen atoms in total. The Kier molecular flexibility index (Phi) is 6.57. The van der Waals surface area contributed by atoms with Crippen molar-refractivity contribution in [1.82, 2.24) is 9.21 Å². The summed E-state index contributed by atoms with van der Waals surface area (Å²) in [6, 6.07) is 4.24. The minimum Gasteiger partial charge on any atom is -0.452 e. The smallest absolute Gasteiger partial charge is 0.338 e. The Labute approximate surface area is 201 Å². The monoisotopic (exact) mass is 496 g/mol. The Morgan fingerprint density at radius 1 is 1.12 bits per heavy atom. The van der Waals surface area contributed by atoms with Crippen molar-refractivity contribution in [2.75, 3.05) is 26.2 Å². The van der Waals surface area contributed by atoms with Crippen LogP contribution < -0.4 is 0 Å². The highest BCUT2D eigenvalue weighted by molar-refractivity contribution is 7.89. The van der Waals surface area contributed by atoms with Crippen LogP contribution in [0.25, 0.3) is 0 Å². The van der Waals surface area contributed by atoms with E-state index in [1.807, 2.05) is 4.90 Å². The maximum absolute atomic E-state index is 13.0. The zero-order chi connectivity index (χ0) is 24.0. The fourth-order valence-electron chi connectivity index (χ4n) is 6.12. The van der Waals surface area contributed by atoms with Crippen molar-refractivity contribution in [2.24, 2.45) is 10.8 Å². The summed E-state index contributed by atoms with van der Waals surface area (Å²) in [5.41, 5.74) is 0.346. The summed E-state index contributed by atoms with van der Waals surface area (Å²) >= 11 is 6.19. The first-order valence-electron chi connectivity index (χ1n) is 11.7. The number of esters is 1. The number of hydrogen-bond acceptors (Lipinski definition) is 5. The van der Waals surface area contributed by atoms with Gasteiger partial charge in [-0.15, -0.1) is 0 Å². The van der Waals surface area contributed by atoms with E-state index in [9.17, 15) is 18.0 Å². The fraction of sp³-hybridized carbons (Fsp3) is 0.667. The van der Waals surface area contributed by atoms with E-state index in [-0.39, 0.29) is 44.9 Å². The molecule has 3 aliphatic rings. The third kappa shape index (κ3) is 5.08. The molecule has 1 amide bonds. The van der Waals surface area contributed by atoms with E-state index >= 15 is 0 Å². The van der Waals surface area contributed by atoms with Gasteiger partial charge in [-0.1, -0.05) is 38.8 Å². The second-order valence-electron chi connectivity index (χ2n) is 10.9. The van der Waals surface area contributed by atoms with Gasteiger partial charge in [-0.2, -0.15) is 4.31 Å². The lowest BCUT2D eigenvalue weighted by Crippen LogP contribution is -2.39. The molecular weight excluding hydrogens is 464 g/mol. The molecule has 33 heavy (non-hydrogen) atoms.